The fourth-order valence-electron chi connectivity index (χ4n) is 2.00. The monoisotopic (exact) mass is 296 g/mol. The summed E-state index contributed by atoms with van der Waals surface area (Å²) in [6.45, 7) is 4.10. The molecule has 2 aromatic heterocycles. The molecule has 0 aliphatic carbocycles. The Morgan fingerprint density at radius 2 is 2.05 bits per heavy atom. The standard InChI is InChI=1S/C13H20N4O2S/c1-13(2,7-10-20(14,18)19)6-5-11-3-4-12-15-8-9-17(12)16-11/h3-4,8-9H,5-7,10H2,1-2H3,(H2,14,18,19). The molecule has 0 unspecified atom stereocenters. The largest absolute Gasteiger partial charge is 0.236 e. The number of aryl methyl sites for hydroxylation is 1. The van der Waals surface area contributed by atoms with E-state index in [0.717, 1.165) is 24.2 Å². The van der Waals surface area contributed by atoms with Gasteiger partial charge in [-0.15, -0.1) is 0 Å². The lowest BCUT2D eigenvalue weighted by Gasteiger charge is -2.23. The molecule has 0 bridgehead atoms. The van der Waals surface area contributed by atoms with Crippen LogP contribution in [-0.2, 0) is 16.4 Å². The first-order valence-electron chi connectivity index (χ1n) is 6.55. The lowest BCUT2D eigenvalue weighted by Crippen LogP contribution is -2.23. The summed E-state index contributed by atoms with van der Waals surface area (Å²) in [6.07, 6.45) is 5.73. The molecule has 0 atom stereocenters. The number of hydrogen-bond donors (Lipinski definition) is 1. The van der Waals surface area contributed by atoms with Crippen molar-refractivity contribution in [1.82, 2.24) is 14.6 Å². The summed E-state index contributed by atoms with van der Waals surface area (Å²) in [5, 5.41) is 9.51. The molecule has 0 aliphatic rings. The Kier molecular flexibility index (Phi) is 4.10. The molecule has 2 rings (SSSR count). The third kappa shape index (κ3) is 4.28. The molecule has 0 saturated carbocycles. The maximum Gasteiger partial charge on any atom is 0.209 e. The lowest BCUT2D eigenvalue weighted by atomic mass is 9.84. The van der Waals surface area contributed by atoms with Crippen LogP contribution in [0.2, 0.25) is 0 Å². The minimum atomic E-state index is -3.39. The van der Waals surface area contributed by atoms with Gasteiger partial charge in [-0.1, -0.05) is 13.8 Å². The van der Waals surface area contributed by atoms with Crippen molar-refractivity contribution in [2.24, 2.45) is 10.6 Å². The molecule has 110 valence electrons. The Morgan fingerprint density at radius 3 is 2.75 bits per heavy atom. The van der Waals surface area contributed by atoms with Gasteiger partial charge in [-0.25, -0.2) is 23.1 Å². The van der Waals surface area contributed by atoms with Crippen LogP contribution in [0.3, 0.4) is 0 Å². The first kappa shape index (κ1) is 14.9. The highest BCUT2D eigenvalue weighted by atomic mass is 32.2. The minimum Gasteiger partial charge on any atom is -0.236 e. The highest BCUT2D eigenvalue weighted by Gasteiger charge is 2.20. The molecule has 0 amide bonds. The molecule has 6 nitrogen and oxygen atoms in total. The van der Waals surface area contributed by atoms with Crippen molar-refractivity contribution >= 4 is 15.7 Å². The molecule has 2 N–H and O–H groups in total. The number of aromatic nitrogens is 3. The van der Waals surface area contributed by atoms with Crippen LogP contribution in [0.5, 0.6) is 0 Å². The summed E-state index contributed by atoms with van der Waals surface area (Å²) in [6, 6.07) is 3.89. The second-order valence-electron chi connectivity index (χ2n) is 5.84. The number of hydrogen-bond acceptors (Lipinski definition) is 4. The van der Waals surface area contributed by atoms with E-state index in [1.165, 1.54) is 0 Å². The van der Waals surface area contributed by atoms with E-state index in [4.69, 9.17) is 5.14 Å². The van der Waals surface area contributed by atoms with Crippen LogP contribution in [0, 0.1) is 5.41 Å². The van der Waals surface area contributed by atoms with Gasteiger partial charge in [-0.05, 0) is 36.8 Å². The second-order valence-corrected chi connectivity index (χ2v) is 7.57. The topological polar surface area (TPSA) is 90.3 Å². The van der Waals surface area contributed by atoms with E-state index in [2.05, 4.69) is 10.1 Å². The average Bonchev–Trinajstić information content (AvgIpc) is 2.81. The van der Waals surface area contributed by atoms with Gasteiger partial charge in [0, 0.05) is 12.4 Å². The summed E-state index contributed by atoms with van der Waals surface area (Å²) in [7, 11) is -3.39. The number of primary sulfonamides is 1. The van der Waals surface area contributed by atoms with Crippen LogP contribution in [0.15, 0.2) is 24.5 Å². The summed E-state index contributed by atoms with van der Waals surface area (Å²) in [5.41, 5.74) is 1.71. The SMILES string of the molecule is CC(C)(CCc1ccc2nccn2n1)CCS(N)(=O)=O. The van der Waals surface area contributed by atoms with Crippen molar-refractivity contribution in [3.63, 3.8) is 0 Å². The Morgan fingerprint density at radius 1 is 1.30 bits per heavy atom. The van der Waals surface area contributed by atoms with Gasteiger partial charge in [0.05, 0.1) is 11.4 Å². The van der Waals surface area contributed by atoms with E-state index in [1.807, 2.05) is 32.2 Å². The van der Waals surface area contributed by atoms with Gasteiger partial charge in [0.1, 0.15) is 0 Å². The maximum atomic E-state index is 11.0. The van der Waals surface area contributed by atoms with E-state index in [-0.39, 0.29) is 11.2 Å². The Hall–Kier alpha value is -1.47. The molecular weight excluding hydrogens is 276 g/mol. The molecule has 0 aliphatic heterocycles. The van der Waals surface area contributed by atoms with Crippen LogP contribution in [0.25, 0.3) is 5.65 Å². The first-order chi connectivity index (χ1) is 9.25. The van der Waals surface area contributed by atoms with Crippen molar-refractivity contribution in [3.8, 4) is 0 Å². The zero-order valence-electron chi connectivity index (χ0n) is 11.8. The number of fused-ring (bicyclic) bond motifs is 1. The van der Waals surface area contributed by atoms with Gasteiger partial charge in [-0.3, -0.25) is 0 Å². The van der Waals surface area contributed by atoms with Gasteiger partial charge in [0.2, 0.25) is 10.0 Å². The van der Waals surface area contributed by atoms with Crippen LogP contribution < -0.4 is 5.14 Å². The summed E-state index contributed by atoms with van der Waals surface area (Å²) >= 11 is 0. The fourth-order valence-corrected chi connectivity index (χ4v) is 2.84. The Bertz CT molecular complexity index is 691. The number of imidazole rings is 1. The number of sulfonamides is 1. The quantitative estimate of drug-likeness (QED) is 0.871. The first-order valence-corrected chi connectivity index (χ1v) is 8.27. The summed E-state index contributed by atoms with van der Waals surface area (Å²) < 4.78 is 23.8. The third-order valence-corrected chi connectivity index (χ3v) is 4.20. The predicted molar refractivity (Wildman–Crippen MR) is 77.7 cm³/mol. The zero-order chi connectivity index (χ0) is 14.8. The highest BCUT2D eigenvalue weighted by Crippen LogP contribution is 2.27. The molecule has 20 heavy (non-hydrogen) atoms. The van der Waals surface area contributed by atoms with Crippen LogP contribution in [-0.4, -0.2) is 28.8 Å². The normalized spacial score (nSPS) is 12.9. The molecule has 0 fully saturated rings. The van der Waals surface area contributed by atoms with Crippen LogP contribution in [0.4, 0.5) is 0 Å². The third-order valence-electron chi connectivity index (χ3n) is 3.43. The van der Waals surface area contributed by atoms with Gasteiger partial charge in [0.15, 0.2) is 5.65 Å². The van der Waals surface area contributed by atoms with Crippen molar-refractivity contribution in [2.75, 3.05) is 5.75 Å². The second kappa shape index (κ2) is 5.49. The molecule has 0 spiro atoms. The van der Waals surface area contributed by atoms with E-state index < -0.39 is 10.0 Å². The molecule has 0 radical (unpaired) electrons. The molecule has 2 heterocycles. The van der Waals surface area contributed by atoms with E-state index in [1.54, 1.807) is 10.7 Å². The Balaban J connectivity index is 1.96. The van der Waals surface area contributed by atoms with Crippen LogP contribution in [0.1, 0.15) is 32.4 Å². The number of nitrogens with zero attached hydrogens (tertiary/aromatic N) is 3. The van der Waals surface area contributed by atoms with Gasteiger partial charge in [0.25, 0.3) is 0 Å². The van der Waals surface area contributed by atoms with Crippen LogP contribution >= 0.6 is 0 Å². The minimum absolute atomic E-state index is 0.0218. The van der Waals surface area contributed by atoms with Crippen molar-refractivity contribution in [2.45, 2.75) is 33.1 Å². The molecule has 7 heteroatoms. The Labute approximate surface area is 119 Å². The van der Waals surface area contributed by atoms with E-state index >= 15 is 0 Å². The number of nitrogens with two attached hydrogens (primary N) is 1. The molecule has 2 aromatic rings. The summed E-state index contributed by atoms with van der Waals surface area (Å²) in [5.74, 6) is 0.0218. The van der Waals surface area contributed by atoms with Gasteiger partial charge >= 0.3 is 0 Å². The maximum absolute atomic E-state index is 11.0. The number of rotatable bonds is 6. The van der Waals surface area contributed by atoms with E-state index in [9.17, 15) is 8.42 Å². The lowest BCUT2D eigenvalue weighted by molar-refractivity contribution is 0.321. The molecule has 0 saturated heterocycles. The van der Waals surface area contributed by atoms with Gasteiger partial charge < -0.3 is 0 Å². The van der Waals surface area contributed by atoms with Gasteiger partial charge in [-0.2, -0.15) is 5.10 Å². The van der Waals surface area contributed by atoms with Crippen molar-refractivity contribution < 1.29 is 8.42 Å². The highest BCUT2D eigenvalue weighted by molar-refractivity contribution is 7.89. The zero-order valence-corrected chi connectivity index (χ0v) is 12.6. The predicted octanol–water partition coefficient (Wildman–Crippen LogP) is 1.37. The smallest absolute Gasteiger partial charge is 0.209 e. The molecular formula is C13H20N4O2S. The van der Waals surface area contributed by atoms with Crippen molar-refractivity contribution in [1.29, 1.82) is 0 Å². The van der Waals surface area contributed by atoms with E-state index in [0.29, 0.717) is 6.42 Å². The van der Waals surface area contributed by atoms with Crippen molar-refractivity contribution in [3.05, 3.63) is 30.2 Å². The fraction of sp³-hybridized carbons (Fsp3) is 0.538. The summed E-state index contributed by atoms with van der Waals surface area (Å²) in [4.78, 5) is 4.15. The molecule has 0 aromatic carbocycles. The average molecular weight is 296 g/mol.